The lowest BCUT2D eigenvalue weighted by molar-refractivity contribution is 1.09. The molecule has 56 valence electrons. The maximum Gasteiger partial charge on any atom is 0.0919 e. The molecule has 0 saturated heterocycles. The van der Waals surface area contributed by atoms with Crippen molar-refractivity contribution in [2.24, 2.45) is 11.5 Å². The lowest BCUT2D eigenvalue weighted by atomic mass is 10.4. The van der Waals surface area contributed by atoms with E-state index in [1.807, 2.05) is 13.8 Å². The SMILES string of the molecule is CC(C)=C(N)N.CCC. The van der Waals surface area contributed by atoms with Gasteiger partial charge in [0.25, 0.3) is 0 Å². The largest absolute Gasteiger partial charge is 0.386 e. The first-order valence-electron chi connectivity index (χ1n) is 3.24. The first-order valence-corrected chi connectivity index (χ1v) is 3.24. The molecule has 0 radical (unpaired) electrons. The molecule has 0 aromatic carbocycles. The first-order chi connectivity index (χ1) is 4.06. The van der Waals surface area contributed by atoms with Crippen molar-refractivity contribution in [1.82, 2.24) is 0 Å². The number of rotatable bonds is 0. The molecule has 2 heteroatoms. The average molecular weight is 130 g/mol. The van der Waals surface area contributed by atoms with Crippen LogP contribution in [0.15, 0.2) is 11.4 Å². The van der Waals surface area contributed by atoms with Gasteiger partial charge in [-0.15, -0.1) is 0 Å². The van der Waals surface area contributed by atoms with Crippen LogP contribution in [-0.4, -0.2) is 0 Å². The summed E-state index contributed by atoms with van der Waals surface area (Å²) in [6, 6.07) is 0. The zero-order valence-electron chi connectivity index (χ0n) is 6.86. The summed E-state index contributed by atoms with van der Waals surface area (Å²) in [4.78, 5) is 0. The second-order valence-electron chi connectivity index (χ2n) is 2.16. The van der Waals surface area contributed by atoms with Gasteiger partial charge in [0.15, 0.2) is 0 Å². The van der Waals surface area contributed by atoms with E-state index in [1.54, 1.807) is 0 Å². The van der Waals surface area contributed by atoms with Gasteiger partial charge in [0.1, 0.15) is 0 Å². The predicted molar refractivity (Wildman–Crippen MR) is 42.7 cm³/mol. The van der Waals surface area contributed by atoms with Gasteiger partial charge in [0, 0.05) is 0 Å². The Bertz CT molecular complexity index is 66.9. The summed E-state index contributed by atoms with van der Waals surface area (Å²) in [7, 11) is 0. The van der Waals surface area contributed by atoms with Crippen LogP contribution < -0.4 is 11.5 Å². The van der Waals surface area contributed by atoms with E-state index in [9.17, 15) is 0 Å². The van der Waals surface area contributed by atoms with Gasteiger partial charge in [-0.1, -0.05) is 20.3 Å². The highest BCUT2D eigenvalue weighted by Crippen LogP contribution is 1.84. The summed E-state index contributed by atoms with van der Waals surface area (Å²) in [6.45, 7) is 7.99. The van der Waals surface area contributed by atoms with Crippen molar-refractivity contribution in [3.8, 4) is 0 Å². The van der Waals surface area contributed by atoms with E-state index >= 15 is 0 Å². The number of nitrogens with two attached hydrogens (primary N) is 2. The smallest absolute Gasteiger partial charge is 0.0919 e. The molecule has 0 amide bonds. The van der Waals surface area contributed by atoms with E-state index in [0.717, 1.165) is 5.57 Å². The highest BCUT2D eigenvalue weighted by Gasteiger charge is 1.76. The van der Waals surface area contributed by atoms with Crippen molar-refractivity contribution in [3.05, 3.63) is 11.4 Å². The molecule has 0 saturated carbocycles. The third kappa shape index (κ3) is 18.8. The Morgan fingerprint density at radius 1 is 1.11 bits per heavy atom. The molecule has 0 unspecified atom stereocenters. The Morgan fingerprint density at radius 3 is 1.22 bits per heavy atom. The third-order valence-corrected chi connectivity index (χ3v) is 0.577. The molecule has 0 aromatic rings. The monoisotopic (exact) mass is 130 g/mol. The van der Waals surface area contributed by atoms with Crippen LogP contribution in [0.25, 0.3) is 0 Å². The summed E-state index contributed by atoms with van der Waals surface area (Å²) in [5.41, 5.74) is 11.2. The molecule has 0 atom stereocenters. The molecule has 0 aliphatic carbocycles. The van der Waals surface area contributed by atoms with E-state index < -0.39 is 0 Å². The zero-order chi connectivity index (χ0) is 7.86. The number of hydrogen-bond acceptors (Lipinski definition) is 2. The van der Waals surface area contributed by atoms with Gasteiger partial charge >= 0.3 is 0 Å². The summed E-state index contributed by atoms with van der Waals surface area (Å²) in [5, 5.41) is 0. The molecular weight excluding hydrogens is 112 g/mol. The standard InChI is InChI=1S/C4H10N2.C3H8/c1-3(2)4(5)6;1-3-2/h5-6H2,1-2H3;3H2,1-2H3. The first kappa shape index (κ1) is 11.2. The molecule has 9 heavy (non-hydrogen) atoms. The second-order valence-corrected chi connectivity index (χ2v) is 2.16. The molecule has 0 aliphatic heterocycles. The maximum atomic E-state index is 5.09. The van der Waals surface area contributed by atoms with Crippen molar-refractivity contribution < 1.29 is 0 Å². The Hall–Kier alpha value is -0.660. The summed E-state index contributed by atoms with van der Waals surface area (Å²) in [6.07, 6.45) is 1.25. The molecule has 0 fully saturated rings. The minimum Gasteiger partial charge on any atom is -0.386 e. The zero-order valence-corrected chi connectivity index (χ0v) is 6.86. The molecule has 0 bridgehead atoms. The van der Waals surface area contributed by atoms with Gasteiger partial charge < -0.3 is 11.5 Å². The van der Waals surface area contributed by atoms with Crippen LogP contribution in [0.5, 0.6) is 0 Å². The molecule has 4 N–H and O–H groups in total. The Morgan fingerprint density at radius 2 is 1.22 bits per heavy atom. The van der Waals surface area contributed by atoms with Gasteiger partial charge in [-0.05, 0) is 19.4 Å². The van der Waals surface area contributed by atoms with Crippen LogP contribution in [-0.2, 0) is 0 Å². The van der Waals surface area contributed by atoms with Gasteiger partial charge in [-0.2, -0.15) is 0 Å². The van der Waals surface area contributed by atoms with Crippen molar-refractivity contribution >= 4 is 0 Å². The Labute approximate surface area is 57.9 Å². The van der Waals surface area contributed by atoms with Gasteiger partial charge in [0.05, 0.1) is 5.82 Å². The van der Waals surface area contributed by atoms with E-state index in [2.05, 4.69) is 13.8 Å². The maximum absolute atomic E-state index is 5.09. The lowest BCUT2D eigenvalue weighted by Gasteiger charge is -1.89. The van der Waals surface area contributed by atoms with Crippen LogP contribution in [0.1, 0.15) is 34.1 Å². The fourth-order valence-corrected chi connectivity index (χ4v) is 0. The van der Waals surface area contributed by atoms with E-state index in [-0.39, 0.29) is 0 Å². The van der Waals surface area contributed by atoms with Gasteiger partial charge in [-0.25, -0.2) is 0 Å². The molecule has 0 heterocycles. The van der Waals surface area contributed by atoms with Gasteiger partial charge in [0.2, 0.25) is 0 Å². The molecule has 0 aliphatic rings. The molecule has 2 nitrogen and oxygen atoms in total. The number of hydrogen-bond donors (Lipinski definition) is 2. The van der Waals surface area contributed by atoms with Crippen molar-refractivity contribution in [3.63, 3.8) is 0 Å². The highest BCUT2D eigenvalue weighted by atomic mass is 14.8. The normalized spacial score (nSPS) is 7.11. The number of allylic oxidation sites excluding steroid dienone is 1. The third-order valence-electron chi connectivity index (χ3n) is 0.577. The molecule has 0 spiro atoms. The highest BCUT2D eigenvalue weighted by molar-refractivity contribution is 4.99. The Balaban J connectivity index is 0. The molecule has 0 rings (SSSR count). The summed E-state index contributed by atoms with van der Waals surface area (Å²) >= 11 is 0. The fraction of sp³-hybridized carbons (Fsp3) is 0.714. The van der Waals surface area contributed by atoms with Crippen LogP contribution >= 0.6 is 0 Å². The van der Waals surface area contributed by atoms with E-state index in [0.29, 0.717) is 5.82 Å². The van der Waals surface area contributed by atoms with Crippen LogP contribution in [0.3, 0.4) is 0 Å². The van der Waals surface area contributed by atoms with E-state index in [4.69, 9.17) is 11.5 Å². The fourth-order valence-electron chi connectivity index (χ4n) is 0. The quantitative estimate of drug-likeness (QED) is 0.523. The molecular formula is C7H18N2. The van der Waals surface area contributed by atoms with Crippen molar-refractivity contribution in [2.75, 3.05) is 0 Å². The van der Waals surface area contributed by atoms with Gasteiger partial charge in [-0.3, -0.25) is 0 Å². The van der Waals surface area contributed by atoms with Crippen LogP contribution in [0, 0.1) is 0 Å². The molecule has 0 aromatic heterocycles. The van der Waals surface area contributed by atoms with Crippen molar-refractivity contribution in [2.45, 2.75) is 34.1 Å². The topological polar surface area (TPSA) is 52.0 Å². The van der Waals surface area contributed by atoms with E-state index in [1.165, 1.54) is 6.42 Å². The summed E-state index contributed by atoms with van der Waals surface area (Å²) in [5.74, 6) is 0.426. The Kier molecular flexibility index (Phi) is 9.12. The van der Waals surface area contributed by atoms with Crippen LogP contribution in [0.4, 0.5) is 0 Å². The minimum absolute atomic E-state index is 0.426. The average Bonchev–Trinajstić information content (AvgIpc) is 1.68. The predicted octanol–water partition coefficient (Wildman–Crippen LogP) is 1.57. The second kappa shape index (κ2) is 7.34. The van der Waals surface area contributed by atoms with Crippen molar-refractivity contribution in [1.29, 1.82) is 0 Å². The van der Waals surface area contributed by atoms with Crippen LogP contribution in [0.2, 0.25) is 0 Å². The lowest BCUT2D eigenvalue weighted by Crippen LogP contribution is -2.09. The summed E-state index contributed by atoms with van der Waals surface area (Å²) < 4.78 is 0. The minimum atomic E-state index is 0.426.